The number of aromatic nitrogens is 2. The molecule has 0 saturated carbocycles. The second-order valence-electron chi connectivity index (χ2n) is 4.09. The number of nitrogens with zero attached hydrogens (tertiary/aromatic N) is 2. The molecule has 1 unspecified atom stereocenters. The number of quaternary nitrogens is 1. The predicted octanol–water partition coefficient (Wildman–Crippen LogP) is 2.01. The number of pyridine rings is 1. The topological polar surface area (TPSA) is 65.0 Å². The van der Waals surface area contributed by atoms with Crippen molar-refractivity contribution in [3.05, 3.63) is 57.6 Å². The molecule has 0 fully saturated rings. The Bertz CT molecular complexity index is 707. The van der Waals surface area contributed by atoms with Crippen LogP contribution in [0.15, 0.2) is 48.8 Å². The highest BCUT2D eigenvalue weighted by Crippen LogP contribution is 2.24. The Hall–Kier alpha value is -1.48. The van der Waals surface area contributed by atoms with E-state index >= 15 is 0 Å². The summed E-state index contributed by atoms with van der Waals surface area (Å²) in [4.78, 5) is 4.48. The van der Waals surface area contributed by atoms with E-state index in [1.165, 1.54) is 0 Å². The Kier molecular flexibility index (Phi) is 3.23. The molecule has 19 heavy (non-hydrogen) atoms. The zero-order chi connectivity index (χ0) is 13.4. The molecule has 0 aliphatic rings. The summed E-state index contributed by atoms with van der Waals surface area (Å²) in [6.45, 7) is 0. The molecule has 5 nitrogen and oxygen atoms in total. The molecule has 1 atom stereocenters. The van der Waals surface area contributed by atoms with Crippen LogP contribution < -0.4 is 5.23 Å². The molecule has 6 heteroatoms. The monoisotopic (exact) mass is 367 g/mol. The number of benzene rings is 1. The fourth-order valence-corrected chi connectivity index (χ4v) is 2.49. The third-order valence-corrected chi connectivity index (χ3v) is 3.80. The fraction of sp³-hybridized carbons (Fsp3) is 0. The lowest BCUT2D eigenvalue weighted by Crippen LogP contribution is -2.99. The van der Waals surface area contributed by atoms with Gasteiger partial charge in [-0.05, 0) is 40.8 Å². The summed E-state index contributed by atoms with van der Waals surface area (Å²) in [5.41, 5.74) is 2.72. The number of halogens is 1. The third kappa shape index (κ3) is 2.35. The summed E-state index contributed by atoms with van der Waals surface area (Å²) in [6, 6.07) is 11.1. The molecule has 0 aliphatic heterocycles. The summed E-state index contributed by atoms with van der Waals surface area (Å²) < 4.78 is 2.63. The number of hydrogen-bond donors (Lipinski definition) is 2. The average Bonchev–Trinajstić information content (AvgIpc) is 2.82. The van der Waals surface area contributed by atoms with E-state index < -0.39 is 5.23 Å². The Morgan fingerprint density at radius 2 is 2.11 bits per heavy atom. The van der Waals surface area contributed by atoms with Crippen LogP contribution in [0.1, 0.15) is 0 Å². The van der Waals surface area contributed by atoms with Gasteiger partial charge < -0.3 is 9.61 Å². The normalized spacial score (nSPS) is 12.8. The highest BCUT2D eigenvalue weighted by molar-refractivity contribution is 14.1. The second kappa shape index (κ2) is 4.89. The van der Waals surface area contributed by atoms with Gasteiger partial charge in [0.15, 0.2) is 5.69 Å². The Balaban J connectivity index is 2.13. The second-order valence-corrected chi connectivity index (χ2v) is 5.25. The Morgan fingerprint density at radius 3 is 2.84 bits per heavy atom. The van der Waals surface area contributed by atoms with Gasteiger partial charge >= 0.3 is 0 Å². The lowest BCUT2D eigenvalue weighted by atomic mass is 10.1. The van der Waals surface area contributed by atoms with E-state index in [0.29, 0.717) is 5.69 Å². The molecule has 2 N–H and O–H groups in total. The highest BCUT2D eigenvalue weighted by Gasteiger charge is 2.11. The Morgan fingerprint density at radius 1 is 1.26 bits per heavy atom. The summed E-state index contributed by atoms with van der Waals surface area (Å²) >= 11 is 2.02. The van der Waals surface area contributed by atoms with Gasteiger partial charge in [0.1, 0.15) is 5.65 Å². The van der Waals surface area contributed by atoms with Crippen molar-refractivity contribution >= 4 is 33.9 Å². The zero-order valence-corrected chi connectivity index (χ0v) is 11.9. The van der Waals surface area contributed by atoms with Gasteiger partial charge in [-0.1, -0.05) is 12.1 Å². The summed E-state index contributed by atoms with van der Waals surface area (Å²) in [6.07, 6.45) is 3.81. The largest absolute Gasteiger partial charge is 0.595 e. The fourth-order valence-electron chi connectivity index (χ4n) is 1.92. The van der Waals surface area contributed by atoms with Gasteiger partial charge in [-0.3, -0.25) is 0 Å². The molecule has 3 aromatic rings. The molecule has 0 radical (unpaired) electrons. The minimum Gasteiger partial charge on any atom is -0.595 e. The minimum atomic E-state index is -0.921. The van der Waals surface area contributed by atoms with Crippen molar-refractivity contribution in [3.63, 3.8) is 0 Å². The maximum Gasteiger partial charge on any atom is 0.177 e. The van der Waals surface area contributed by atoms with Gasteiger partial charge in [-0.15, -0.1) is 0 Å². The molecule has 0 saturated heterocycles. The van der Waals surface area contributed by atoms with Crippen LogP contribution in [0, 0.1) is 8.78 Å². The van der Waals surface area contributed by atoms with E-state index in [0.717, 1.165) is 20.5 Å². The van der Waals surface area contributed by atoms with Gasteiger partial charge in [0.2, 0.25) is 0 Å². The lowest BCUT2D eigenvalue weighted by molar-refractivity contribution is -0.991. The zero-order valence-electron chi connectivity index (χ0n) is 9.75. The molecular formula is C13H10IN3O2. The van der Waals surface area contributed by atoms with Crippen molar-refractivity contribution in [1.29, 1.82) is 0 Å². The van der Waals surface area contributed by atoms with Crippen molar-refractivity contribution in [2.75, 3.05) is 0 Å². The first kappa shape index (κ1) is 12.5. The van der Waals surface area contributed by atoms with Crippen LogP contribution >= 0.6 is 22.6 Å². The highest BCUT2D eigenvalue weighted by atomic mass is 127. The Labute approximate surface area is 122 Å². The predicted molar refractivity (Wildman–Crippen MR) is 79.1 cm³/mol. The standard InChI is InChI=1S/C13H10IN3O2/c14-10-5-4-9(7-12(10)17(18)19)11-8-16-6-2-1-3-13(16)15-11/h1-8,17-18H. The van der Waals surface area contributed by atoms with E-state index in [4.69, 9.17) is 5.21 Å². The number of imidazole rings is 1. The lowest BCUT2D eigenvalue weighted by Gasteiger charge is -2.13. The van der Waals surface area contributed by atoms with Crippen molar-refractivity contribution < 1.29 is 10.4 Å². The first-order valence-electron chi connectivity index (χ1n) is 5.62. The molecule has 0 aliphatic carbocycles. The number of rotatable bonds is 2. The quantitative estimate of drug-likeness (QED) is 0.538. The van der Waals surface area contributed by atoms with E-state index in [9.17, 15) is 5.21 Å². The van der Waals surface area contributed by atoms with Crippen LogP contribution in [-0.2, 0) is 0 Å². The van der Waals surface area contributed by atoms with E-state index in [1.807, 2.05) is 63.7 Å². The van der Waals surface area contributed by atoms with Crippen LogP contribution in [0.5, 0.6) is 0 Å². The van der Waals surface area contributed by atoms with Gasteiger partial charge in [0, 0.05) is 24.0 Å². The molecule has 2 heterocycles. The van der Waals surface area contributed by atoms with E-state index in [2.05, 4.69) is 4.98 Å². The number of fused-ring (bicyclic) bond motifs is 1. The minimum absolute atomic E-state index is 0.301. The molecule has 2 aromatic heterocycles. The molecule has 0 bridgehead atoms. The number of nitrogens with one attached hydrogen (secondary N) is 1. The van der Waals surface area contributed by atoms with Crippen molar-refractivity contribution in [2.24, 2.45) is 0 Å². The molecule has 0 spiro atoms. The van der Waals surface area contributed by atoms with Crippen molar-refractivity contribution in [3.8, 4) is 11.3 Å². The number of hydrogen-bond acceptors (Lipinski definition) is 3. The van der Waals surface area contributed by atoms with Gasteiger partial charge in [0.05, 0.1) is 9.26 Å². The van der Waals surface area contributed by atoms with Gasteiger partial charge in [-0.2, -0.15) is 5.23 Å². The van der Waals surface area contributed by atoms with Crippen LogP contribution in [-0.4, -0.2) is 14.6 Å². The van der Waals surface area contributed by atoms with Gasteiger partial charge in [-0.25, -0.2) is 10.2 Å². The van der Waals surface area contributed by atoms with Gasteiger partial charge in [0.25, 0.3) is 0 Å². The molecular weight excluding hydrogens is 357 g/mol. The molecule has 96 valence electrons. The maximum atomic E-state index is 11.1. The molecule has 1 aromatic carbocycles. The first-order chi connectivity index (χ1) is 9.15. The van der Waals surface area contributed by atoms with Crippen LogP contribution in [0.2, 0.25) is 0 Å². The summed E-state index contributed by atoms with van der Waals surface area (Å²) in [5, 5.41) is 19.4. The van der Waals surface area contributed by atoms with E-state index in [-0.39, 0.29) is 0 Å². The van der Waals surface area contributed by atoms with Crippen molar-refractivity contribution in [1.82, 2.24) is 9.38 Å². The average molecular weight is 367 g/mol. The SMILES string of the molecule is [O-][NH+](O)c1cc(-c2cn3ccccc3n2)ccc1I. The third-order valence-electron chi connectivity index (χ3n) is 2.86. The smallest absolute Gasteiger partial charge is 0.177 e. The van der Waals surface area contributed by atoms with E-state index in [1.54, 1.807) is 12.1 Å². The summed E-state index contributed by atoms with van der Waals surface area (Å²) in [7, 11) is 0. The van der Waals surface area contributed by atoms with Crippen LogP contribution in [0.3, 0.4) is 0 Å². The molecule has 3 rings (SSSR count). The van der Waals surface area contributed by atoms with Crippen molar-refractivity contribution in [2.45, 2.75) is 0 Å². The first-order valence-corrected chi connectivity index (χ1v) is 6.70. The molecule has 0 amide bonds. The maximum absolute atomic E-state index is 11.1. The van der Waals surface area contributed by atoms with Crippen LogP contribution in [0.25, 0.3) is 16.9 Å². The van der Waals surface area contributed by atoms with Crippen LogP contribution in [0.4, 0.5) is 5.69 Å². The summed E-state index contributed by atoms with van der Waals surface area (Å²) in [5.74, 6) is 0.